The van der Waals surface area contributed by atoms with Crippen LogP contribution in [-0.2, 0) is 13.5 Å². The Morgan fingerprint density at radius 1 is 1.28 bits per heavy atom. The number of nitrogens with zero attached hydrogens (tertiary/aromatic N) is 4. The highest BCUT2D eigenvalue weighted by Crippen LogP contribution is 2.18. The summed E-state index contributed by atoms with van der Waals surface area (Å²) in [5.74, 6) is 0.717. The third-order valence-electron chi connectivity index (χ3n) is 4.33. The van der Waals surface area contributed by atoms with E-state index in [0.717, 1.165) is 12.2 Å². The monoisotopic (exact) mass is 344 g/mol. The van der Waals surface area contributed by atoms with Crippen molar-refractivity contribution in [2.24, 2.45) is 7.05 Å². The Kier molecular flexibility index (Phi) is 6.52. The van der Waals surface area contributed by atoms with Gasteiger partial charge in [0.25, 0.3) is 0 Å². The van der Waals surface area contributed by atoms with Crippen LogP contribution in [0.2, 0.25) is 0 Å². The second kappa shape index (κ2) is 8.62. The highest BCUT2D eigenvalue weighted by atomic mass is 16.2. The summed E-state index contributed by atoms with van der Waals surface area (Å²) in [4.78, 5) is 14.3. The van der Waals surface area contributed by atoms with Gasteiger partial charge in [0.05, 0.1) is 12.1 Å². The van der Waals surface area contributed by atoms with Crippen molar-refractivity contribution >= 4 is 6.03 Å². The molecule has 1 heterocycles. The average molecular weight is 344 g/mol. The zero-order valence-corrected chi connectivity index (χ0v) is 15.7. The first-order chi connectivity index (χ1) is 11.9. The van der Waals surface area contributed by atoms with Crippen molar-refractivity contribution < 1.29 is 4.79 Å². The normalized spacial score (nSPS) is 13.5. The van der Waals surface area contributed by atoms with Gasteiger partial charge in [-0.15, -0.1) is 10.2 Å². The minimum atomic E-state index is -0.215. The lowest BCUT2D eigenvalue weighted by molar-refractivity contribution is 0.229. The number of benzene rings is 1. The highest BCUT2D eigenvalue weighted by molar-refractivity contribution is 5.74. The van der Waals surface area contributed by atoms with Gasteiger partial charge in [-0.1, -0.05) is 31.2 Å². The van der Waals surface area contributed by atoms with Crippen LogP contribution in [0.25, 0.3) is 0 Å². The van der Waals surface area contributed by atoms with Gasteiger partial charge in [0.2, 0.25) is 0 Å². The van der Waals surface area contributed by atoms with Gasteiger partial charge in [-0.3, -0.25) is 0 Å². The van der Waals surface area contributed by atoms with Gasteiger partial charge < -0.3 is 20.1 Å². The molecule has 0 aliphatic rings. The number of amides is 2. The molecule has 25 heavy (non-hydrogen) atoms. The lowest BCUT2D eigenvalue weighted by Gasteiger charge is -2.25. The van der Waals surface area contributed by atoms with Gasteiger partial charge in [-0.25, -0.2) is 4.79 Å². The molecule has 0 fully saturated rings. The van der Waals surface area contributed by atoms with Crippen molar-refractivity contribution in [2.75, 3.05) is 20.6 Å². The Labute approximate surface area is 149 Å². The van der Waals surface area contributed by atoms with E-state index in [9.17, 15) is 4.79 Å². The Morgan fingerprint density at radius 2 is 1.96 bits per heavy atom. The second-order valence-electron chi connectivity index (χ2n) is 6.45. The Hall–Kier alpha value is -2.41. The van der Waals surface area contributed by atoms with Crippen LogP contribution < -0.4 is 10.6 Å². The van der Waals surface area contributed by atoms with E-state index >= 15 is 0 Å². The van der Waals surface area contributed by atoms with Gasteiger partial charge in [-0.05, 0) is 38.6 Å². The molecule has 0 unspecified atom stereocenters. The molecule has 1 aromatic carbocycles. The van der Waals surface area contributed by atoms with Crippen molar-refractivity contribution in [1.29, 1.82) is 0 Å². The summed E-state index contributed by atoms with van der Waals surface area (Å²) in [6.07, 6.45) is 2.64. The molecular formula is C18H28N6O. The molecule has 0 aliphatic carbocycles. The number of carbonyl (C=O) groups excluding carboxylic acids is 1. The van der Waals surface area contributed by atoms with Crippen LogP contribution in [0.4, 0.5) is 4.79 Å². The van der Waals surface area contributed by atoms with E-state index in [1.54, 1.807) is 10.9 Å². The summed E-state index contributed by atoms with van der Waals surface area (Å²) < 4.78 is 1.79. The lowest BCUT2D eigenvalue weighted by atomic mass is 10.0. The van der Waals surface area contributed by atoms with E-state index in [1.807, 2.05) is 28.1 Å². The molecule has 2 N–H and O–H groups in total. The number of carbonyl (C=O) groups is 1. The van der Waals surface area contributed by atoms with Crippen LogP contribution in [0, 0.1) is 0 Å². The molecular weight excluding hydrogens is 316 g/mol. The van der Waals surface area contributed by atoms with Crippen LogP contribution in [0.3, 0.4) is 0 Å². The first-order valence-corrected chi connectivity index (χ1v) is 8.55. The van der Waals surface area contributed by atoms with Crippen molar-refractivity contribution in [3.63, 3.8) is 0 Å². The quantitative estimate of drug-likeness (QED) is 0.806. The standard InChI is InChI=1S/C18H28N6O/c1-6-14-7-9-15(10-8-14)16(23(3)4)11-19-18(25)21-13(2)17-22-20-12-24(17)5/h7-10,12-13,16H,6,11H2,1-5H3,(H2,19,21,25)/t13-,16+/m0/s1. The van der Waals surface area contributed by atoms with Crippen LogP contribution in [0.15, 0.2) is 30.6 Å². The third-order valence-corrected chi connectivity index (χ3v) is 4.33. The van der Waals surface area contributed by atoms with E-state index in [0.29, 0.717) is 6.54 Å². The smallest absolute Gasteiger partial charge is 0.315 e. The average Bonchev–Trinajstić information content (AvgIpc) is 3.01. The molecule has 7 heteroatoms. The summed E-state index contributed by atoms with van der Waals surface area (Å²) >= 11 is 0. The first-order valence-electron chi connectivity index (χ1n) is 8.55. The van der Waals surface area contributed by atoms with Crippen molar-refractivity contribution in [1.82, 2.24) is 30.3 Å². The Morgan fingerprint density at radius 3 is 2.48 bits per heavy atom. The fourth-order valence-electron chi connectivity index (χ4n) is 2.76. The second-order valence-corrected chi connectivity index (χ2v) is 6.45. The molecule has 0 saturated heterocycles. The maximum Gasteiger partial charge on any atom is 0.315 e. The van der Waals surface area contributed by atoms with Crippen LogP contribution >= 0.6 is 0 Å². The number of aromatic nitrogens is 3. The number of urea groups is 1. The van der Waals surface area contributed by atoms with Gasteiger partial charge >= 0.3 is 6.03 Å². The van der Waals surface area contributed by atoms with E-state index < -0.39 is 0 Å². The molecule has 2 atom stereocenters. The predicted octanol–water partition coefficient (Wildman–Crippen LogP) is 2.04. The number of hydrogen-bond donors (Lipinski definition) is 2. The molecule has 7 nitrogen and oxygen atoms in total. The summed E-state index contributed by atoms with van der Waals surface area (Å²) in [7, 11) is 5.88. The van der Waals surface area contributed by atoms with Gasteiger partial charge in [-0.2, -0.15) is 0 Å². The number of aryl methyl sites for hydroxylation is 2. The molecule has 136 valence electrons. The van der Waals surface area contributed by atoms with Gasteiger partial charge in [0.15, 0.2) is 5.82 Å². The maximum absolute atomic E-state index is 12.2. The van der Waals surface area contributed by atoms with Crippen LogP contribution in [-0.4, -0.2) is 46.3 Å². The number of nitrogens with one attached hydrogen (secondary N) is 2. The molecule has 1 aromatic heterocycles. The predicted molar refractivity (Wildman–Crippen MR) is 98.2 cm³/mol. The van der Waals surface area contributed by atoms with E-state index in [-0.39, 0.29) is 18.1 Å². The lowest BCUT2D eigenvalue weighted by Crippen LogP contribution is -2.41. The van der Waals surface area contributed by atoms with Gasteiger partial charge in [0.1, 0.15) is 6.33 Å². The summed E-state index contributed by atoms with van der Waals surface area (Å²) in [6.45, 7) is 4.55. The summed E-state index contributed by atoms with van der Waals surface area (Å²) in [6, 6.07) is 8.23. The molecule has 0 aliphatic heterocycles. The van der Waals surface area contributed by atoms with Crippen molar-refractivity contribution in [3.8, 4) is 0 Å². The van der Waals surface area contributed by atoms with E-state index in [4.69, 9.17) is 0 Å². The van der Waals surface area contributed by atoms with Gasteiger partial charge in [0, 0.05) is 13.6 Å². The largest absolute Gasteiger partial charge is 0.336 e. The Bertz CT molecular complexity index is 679. The van der Waals surface area contributed by atoms with Crippen molar-refractivity contribution in [2.45, 2.75) is 32.4 Å². The molecule has 0 saturated carbocycles. The number of rotatable bonds is 7. The molecule has 0 bridgehead atoms. The Balaban J connectivity index is 1.93. The minimum absolute atomic E-state index is 0.113. The molecule has 0 radical (unpaired) electrons. The summed E-state index contributed by atoms with van der Waals surface area (Å²) in [5.41, 5.74) is 2.49. The zero-order chi connectivity index (χ0) is 18.4. The molecule has 2 rings (SSSR count). The third kappa shape index (κ3) is 5.03. The maximum atomic E-state index is 12.2. The fraction of sp³-hybridized carbons (Fsp3) is 0.500. The van der Waals surface area contributed by atoms with Crippen molar-refractivity contribution in [3.05, 3.63) is 47.5 Å². The number of hydrogen-bond acceptors (Lipinski definition) is 4. The van der Waals surface area contributed by atoms with Crippen LogP contribution in [0.1, 0.15) is 42.9 Å². The highest BCUT2D eigenvalue weighted by Gasteiger charge is 2.17. The topological polar surface area (TPSA) is 75.1 Å². The minimum Gasteiger partial charge on any atom is -0.336 e. The molecule has 2 amide bonds. The van der Waals surface area contributed by atoms with Crippen LogP contribution in [0.5, 0.6) is 0 Å². The van der Waals surface area contributed by atoms with E-state index in [2.05, 4.69) is 56.9 Å². The van der Waals surface area contributed by atoms with E-state index in [1.165, 1.54) is 11.1 Å². The molecule has 2 aromatic rings. The summed E-state index contributed by atoms with van der Waals surface area (Å²) in [5, 5.41) is 13.7. The SMILES string of the molecule is CCc1ccc([C@@H](CNC(=O)N[C@@H](C)c2nncn2C)N(C)C)cc1. The zero-order valence-electron chi connectivity index (χ0n) is 15.7. The molecule has 0 spiro atoms. The fourth-order valence-corrected chi connectivity index (χ4v) is 2.76. The number of likely N-dealkylation sites (N-methyl/N-ethyl adjacent to an activating group) is 1. The first kappa shape index (κ1) is 18.9.